The average Bonchev–Trinajstić information content (AvgIpc) is 2.33. The van der Waals surface area contributed by atoms with Gasteiger partial charge in [0.15, 0.2) is 0 Å². The summed E-state index contributed by atoms with van der Waals surface area (Å²) in [6.45, 7) is 1.79. The summed E-state index contributed by atoms with van der Waals surface area (Å²) in [7, 11) is 0. The van der Waals surface area contributed by atoms with Crippen molar-refractivity contribution in [1.82, 2.24) is 4.98 Å². The molecule has 4 heteroatoms. The molecule has 0 fully saturated rings. The van der Waals surface area contributed by atoms with Gasteiger partial charge in [0.2, 0.25) is 0 Å². The largest absolute Gasteiger partial charge is 0.455 e. The van der Waals surface area contributed by atoms with Crippen molar-refractivity contribution in [3.63, 3.8) is 0 Å². The van der Waals surface area contributed by atoms with E-state index in [9.17, 15) is 4.39 Å². The van der Waals surface area contributed by atoms with E-state index in [1.165, 1.54) is 12.1 Å². The molecule has 0 aliphatic heterocycles. The van der Waals surface area contributed by atoms with Crippen LogP contribution in [0, 0.1) is 12.7 Å². The van der Waals surface area contributed by atoms with E-state index < -0.39 is 0 Å². The first kappa shape index (κ1) is 11.9. The van der Waals surface area contributed by atoms with Gasteiger partial charge in [0.25, 0.3) is 0 Å². The number of nitrogens with zero attached hydrogens (tertiary/aromatic N) is 1. The highest BCUT2D eigenvalue weighted by Gasteiger charge is 2.03. The quantitative estimate of drug-likeness (QED) is 0.768. The molecule has 0 atom stereocenters. The zero-order valence-electron chi connectivity index (χ0n) is 9.28. The van der Waals surface area contributed by atoms with Crippen LogP contribution in [0.1, 0.15) is 11.1 Å². The van der Waals surface area contributed by atoms with Gasteiger partial charge in [0.1, 0.15) is 17.3 Å². The lowest BCUT2D eigenvalue weighted by Gasteiger charge is -2.08. The Morgan fingerprint density at radius 1 is 1.29 bits per heavy atom. The molecule has 0 saturated carbocycles. The average molecular weight is 252 g/mol. The Labute approximate surface area is 104 Å². The molecule has 0 aliphatic carbocycles. The fraction of sp³-hybridized carbons (Fsp3) is 0.154. The zero-order valence-corrected chi connectivity index (χ0v) is 10.0. The zero-order chi connectivity index (χ0) is 12.3. The van der Waals surface area contributed by atoms with E-state index in [-0.39, 0.29) is 5.82 Å². The summed E-state index contributed by atoms with van der Waals surface area (Å²) in [6, 6.07) is 6.19. The summed E-state index contributed by atoms with van der Waals surface area (Å²) in [5.74, 6) is 1.31. The van der Waals surface area contributed by atoms with Crippen molar-refractivity contribution >= 4 is 11.6 Å². The molecule has 1 aromatic heterocycles. The third-order valence-corrected chi connectivity index (χ3v) is 2.60. The number of halogens is 2. The second-order valence-electron chi connectivity index (χ2n) is 3.67. The number of benzene rings is 1. The molecule has 2 aromatic rings. The van der Waals surface area contributed by atoms with Gasteiger partial charge >= 0.3 is 0 Å². The second-order valence-corrected chi connectivity index (χ2v) is 3.94. The van der Waals surface area contributed by atoms with E-state index in [2.05, 4.69) is 4.98 Å². The van der Waals surface area contributed by atoms with Crippen molar-refractivity contribution < 1.29 is 9.13 Å². The maximum atomic E-state index is 12.9. The van der Waals surface area contributed by atoms with Crippen molar-refractivity contribution in [1.29, 1.82) is 0 Å². The summed E-state index contributed by atoms with van der Waals surface area (Å²) in [6.07, 6.45) is 3.27. The maximum Gasteiger partial charge on any atom is 0.146 e. The Balaban J connectivity index is 2.25. The molecule has 0 saturated heterocycles. The predicted molar refractivity (Wildman–Crippen MR) is 65.0 cm³/mol. The molecule has 0 amide bonds. The highest BCUT2D eigenvalue weighted by molar-refractivity contribution is 6.17. The number of hydrogen-bond acceptors (Lipinski definition) is 2. The van der Waals surface area contributed by atoms with E-state index in [1.54, 1.807) is 25.4 Å². The van der Waals surface area contributed by atoms with Gasteiger partial charge in [-0.1, -0.05) is 0 Å². The Hall–Kier alpha value is -1.61. The predicted octanol–water partition coefficient (Wildman–Crippen LogP) is 4.06. The molecular weight excluding hydrogens is 241 g/mol. The summed E-state index contributed by atoms with van der Waals surface area (Å²) in [5, 5.41) is 0. The van der Waals surface area contributed by atoms with Crippen molar-refractivity contribution in [3.8, 4) is 11.5 Å². The first-order valence-corrected chi connectivity index (χ1v) is 5.66. The summed E-state index contributed by atoms with van der Waals surface area (Å²) in [5.41, 5.74) is 1.62. The monoisotopic (exact) mass is 251 g/mol. The molecule has 2 rings (SSSR count). The Kier molecular flexibility index (Phi) is 3.59. The van der Waals surface area contributed by atoms with Crippen LogP contribution in [0.2, 0.25) is 0 Å². The highest BCUT2D eigenvalue weighted by atomic mass is 35.5. The van der Waals surface area contributed by atoms with E-state index in [0.29, 0.717) is 17.4 Å². The summed E-state index contributed by atoms with van der Waals surface area (Å²) in [4.78, 5) is 4.02. The van der Waals surface area contributed by atoms with E-state index >= 15 is 0 Å². The van der Waals surface area contributed by atoms with Crippen LogP contribution in [0.15, 0.2) is 36.7 Å². The molecule has 2 nitrogen and oxygen atoms in total. The number of rotatable bonds is 3. The second kappa shape index (κ2) is 5.15. The smallest absolute Gasteiger partial charge is 0.146 e. The molecule has 1 heterocycles. The van der Waals surface area contributed by atoms with Gasteiger partial charge in [-0.15, -0.1) is 11.6 Å². The van der Waals surface area contributed by atoms with Gasteiger partial charge < -0.3 is 4.74 Å². The molecule has 0 N–H and O–H groups in total. The number of alkyl halides is 1. The molecule has 88 valence electrons. The fourth-order valence-electron chi connectivity index (χ4n) is 1.45. The van der Waals surface area contributed by atoms with Gasteiger partial charge in [0, 0.05) is 12.1 Å². The van der Waals surface area contributed by atoms with Crippen LogP contribution in [0.4, 0.5) is 4.39 Å². The van der Waals surface area contributed by atoms with E-state index in [1.807, 2.05) is 6.07 Å². The molecule has 0 spiro atoms. The number of aromatic nitrogens is 1. The first-order chi connectivity index (χ1) is 8.19. The minimum atomic E-state index is -0.275. The van der Waals surface area contributed by atoms with Crippen molar-refractivity contribution in [2.24, 2.45) is 0 Å². The van der Waals surface area contributed by atoms with Gasteiger partial charge in [-0.25, -0.2) is 4.39 Å². The van der Waals surface area contributed by atoms with Crippen LogP contribution < -0.4 is 4.74 Å². The number of pyridine rings is 1. The van der Waals surface area contributed by atoms with Gasteiger partial charge in [-0.3, -0.25) is 4.98 Å². The van der Waals surface area contributed by atoms with Crippen LogP contribution in [0.3, 0.4) is 0 Å². The Morgan fingerprint density at radius 3 is 2.82 bits per heavy atom. The molecular formula is C13H11ClFNO. The molecule has 17 heavy (non-hydrogen) atoms. The molecule has 1 aromatic carbocycles. The minimum absolute atomic E-state index is 0.275. The number of ether oxygens (including phenoxy) is 1. The van der Waals surface area contributed by atoms with Gasteiger partial charge in [-0.2, -0.15) is 0 Å². The fourth-order valence-corrected chi connectivity index (χ4v) is 1.59. The highest BCUT2D eigenvalue weighted by Crippen LogP contribution is 2.25. The van der Waals surface area contributed by atoms with Crippen LogP contribution in [-0.2, 0) is 5.88 Å². The molecule has 0 bridgehead atoms. The maximum absolute atomic E-state index is 12.9. The topological polar surface area (TPSA) is 22.1 Å². The SMILES string of the molecule is Cc1cc(F)ccc1Oc1cncc(CCl)c1. The van der Waals surface area contributed by atoms with Crippen LogP contribution >= 0.6 is 11.6 Å². The molecule has 0 aliphatic rings. The van der Waals surface area contributed by atoms with Crippen LogP contribution in [0.25, 0.3) is 0 Å². The van der Waals surface area contributed by atoms with E-state index in [4.69, 9.17) is 16.3 Å². The van der Waals surface area contributed by atoms with E-state index in [0.717, 1.165) is 11.1 Å². The molecule has 0 radical (unpaired) electrons. The summed E-state index contributed by atoms with van der Waals surface area (Å²) < 4.78 is 18.5. The van der Waals surface area contributed by atoms with Crippen molar-refractivity contribution in [3.05, 3.63) is 53.6 Å². The van der Waals surface area contributed by atoms with Crippen molar-refractivity contribution in [2.75, 3.05) is 0 Å². The lowest BCUT2D eigenvalue weighted by Crippen LogP contribution is -1.90. The van der Waals surface area contributed by atoms with Gasteiger partial charge in [0.05, 0.1) is 6.20 Å². The standard InChI is InChI=1S/C13H11ClFNO/c1-9-4-11(15)2-3-13(9)17-12-5-10(6-14)7-16-8-12/h2-5,7-8H,6H2,1H3. The third kappa shape index (κ3) is 2.94. The number of hydrogen-bond donors (Lipinski definition) is 0. The van der Waals surface area contributed by atoms with Crippen LogP contribution in [0.5, 0.6) is 11.5 Å². The lowest BCUT2D eigenvalue weighted by molar-refractivity contribution is 0.473. The third-order valence-electron chi connectivity index (χ3n) is 2.29. The van der Waals surface area contributed by atoms with Gasteiger partial charge in [-0.05, 0) is 42.3 Å². The number of aryl methyl sites for hydroxylation is 1. The minimum Gasteiger partial charge on any atom is -0.455 e. The normalized spacial score (nSPS) is 10.3. The first-order valence-electron chi connectivity index (χ1n) is 5.13. The lowest BCUT2D eigenvalue weighted by atomic mass is 10.2. The summed E-state index contributed by atoms with van der Waals surface area (Å²) >= 11 is 5.71. The Bertz CT molecular complexity index is 531. The van der Waals surface area contributed by atoms with Crippen LogP contribution in [-0.4, -0.2) is 4.98 Å². The molecule has 0 unspecified atom stereocenters. The van der Waals surface area contributed by atoms with Crippen molar-refractivity contribution in [2.45, 2.75) is 12.8 Å². The Morgan fingerprint density at radius 2 is 2.12 bits per heavy atom.